The fraction of sp³-hybridized carbons (Fsp3) is 0.294. The lowest BCUT2D eigenvalue weighted by Crippen LogP contribution is -2.18. The van der Waals surface area contributed by atoms with Crippen LogP contribution in [0.15, 0.2) is 48.5 Å². The highest BCUT2D eigenvalue weighted by Crippen LogP contribution is 2.21. The van der Waals surface area contributed by atoms with Crippen LogP contribution in [0.5, 0.6) is 11.5 Å². The molecule has 0 spiro atoms. The fourth-order valence-electron chi connectivity index (χ4n) is 2.09. The molecule has 0 saturated carbocycles. The zero-order valence-electron chi connectivity index (χ0n) is 12.6. The molecule has 0 aromatic heterocycles. The van der Waals surface area contributed by atoms with Crippen molar-refractivity contribution in [1.82, 2.24) is 5.32 Å². The minimum atomic E-state index is -2.81. The van der Waals surface area contributed by atoms with Crippen molar-refractivity contribution in [3.05, 3.63) is 59.7 Å². The molecule has 0 bridgehead atoms. The summed E-state index contributed by atoms with van der Waals surface area (Å²) < 4.78 is 34.0. The van der Waals surface area contributed by atoms with Gasteiger partial charge in [0.2, 0.25) is 0 Å². The number of ether oxygens (including phenoxy) is 2. The Bertz CT molecular complexity index is 587. The van der Waals surface area contributed by atoms with E-state index in [-0.39, 0.29) is 11.8 Å². The summed E-state index contributed by atoms with van der Waals surface area (Å²) >= 11 is 0. The number of halogens is 2. The largest absolute Gasteiger partial charge is 0.497 e. The Balaban J connectivity index is 1.94. The van der Waals surface area contributed by atoms with E-state index in [0.717, 1.165) is 16.9 Å². The van der Waals surface area contributed by atoms with E-state index in [0.29, 0.717) is 6.54 Å². The molecule has 0 aliphatic heterocycles. The van der Waals surface area contributed by atoms with Crippen molar-refractivity contribution < 1.29 is 18.3 Å². The number of hydrogen-bond donors (Lipinski definition) is 1. The Labute approximate surface area is 128 Å². The van der Waals surface area contributed by atoms with Gasteiger partial charge in [-0.1, -0.05) is 24.3 Å². The van der Waals surface area contributed by atoms with Gasteiger partial charge in [0.05, 0.1) is 7.11 Å². The quantitative estimate of drug-likeness (QED) is 0.833. The SMILES string of the molecule is COc1ccc(CNC(C)c2cccc(OC(F)F)c2)cc1. The van der Waals surface area contributed by atoms with E-state index in [1.54, 1.807) is 19.2 Å². The van der Waals surface area contributed by atoms with Gasteiger partial charge in [-0.25, -0.2) is 0 Å². The van der Waals surface area contributed by atoms with Crippen LogP contribution in [0.3, 0.4) is 0 Å². The number of methoxy groups -OCH3 is 1. The predicted molar refractivity (Wildman–Crippen MR) is 81.3 cm³/mol. The Morgan fingerprint density at radius 1 is 1.05 bits per heavy atom. The van der Waals surface area contributed by atoms with Crippen LogP contribution in [0.4, 0.5) is 8.78 Å². The first kappa shape index (κ1) is 16.2. The highest BCUT2D eigenvalue weighted by atomic mass is 19.3. The lowest BCUT2D eigenvalue weighted by molar-refractivity contribution is -0.0499. The Morgan fingerprint density at radius 2 is 1.77 bits per heavy atom. The van der Waals surface area contributed by atoms with Gasteiger partial charge >= 0.3 is 6.61 Å². The molecule has 0 radical (unpaired) electrons. The van der Waals surface area contributed by atoms with E-state index in [4.69, 9.17) is 4.74 Å². The maximum Gasteiger partial charge on any atom is 0.387 e. The minimum Gasteiger partial charge on any atom is -0.497 e. The fourth-order valence-corrected chi connectivity index (χ4v) is 2.09. The van der Waals surface area contributed by atoms with E-state index in [1.165, 1.54) is 6.07 Å². The highest BCUT2D eigenvalue weighted by Gasteiger charge is 2.09. The van der Waals surface area contributed by atoms with Gasteiger partial charge < -0.3 is 14.8 Å². The predicted octanol–water partition coefficient (Wildman–Crippen LogP) is 4.15. The first-order chi connectivity index (χ1) is 10.6. The van der Waals surface area contributed by atoms with Crippen LogP contribution in [0.25, 0.3) is 0 Å². The van der Waals surface area contributed by atoms with Crippen molar-refractivity contribution in [3.8, 4) is 11.5 Å². The molecule has 3 nitrogen and oxygen atoms in total. The number of benzene rings is 2. The van der Waals surface area contributed by atoms with Gasteiger partial charge in [-0.2, -0.15) is 8.78 Å². The van der Waals surface area contributed by atoms with Crippen molar-refractivity contribution in [2.75, 3.05) is 7.11 Å². The molecule has 0 amide bonds. The van der Waals surface area contributed by atoms with E-state index in [2.05, 4.69) is 10.1 Å². The van der Waals surface area contributed by atoms with Crippen molar-refractivity contribution in [1.29, 1.82) is 0 Å². The first-order valence-corrected chi connectivity index (χ1v) is 6.99. The highest BCUT2D eigenvalue weighted by molar-refractivity contribution is 5.31. The topological polar surface area (TPSA) is 30.5 Å². The molecular formula is C17H19F2NO2. The molecule has 2 aromatic carbocycles. The van der Waals surface area contributed by atoms with E-state index in [9.17, 15) is 8.78 Å². The van der Waals surface area contributed by atoms with E-state index in [1.807, 2.05) is 37.3 Å². The minimum absolute atomic E-state index is 0.0170. The average Bonchev–Trinajstić information content (AvgIpc) is 2.52. The van der Waals surface area contributed by atoms with Crippen molar-refractivity contribution in [2.45, 2.75) is 26.1 Å². The molecule has 1 N–H and O–H groups in total. The van der Waals surface area contributed by atoms with Gasteiger partial charge in [0, 0.05) is 12.6 Å². The second kappa shape index (κ2) is 7.75. The summed E-state index contributed by atoms with van der Waals surface area (Å²) in [5.41, 5.74) is 2.01. The molecule has 0 saturated heterocycles. The van der Waals surface area contributed by atoms with Crippen LogP contribution in [0.1, 0.15) is 24.1 Å². The van der Waals surface area contributed by atoms with Gasteiger partial charge in [-0.05, 0) is 42.3 Å². The Hall–Kier alpha value is -2.14. The molecule has 0 heterocycles. The molecule has 2 aromatic rings. The standard InChI is InChI=1S/C17H19F2NO2/c1-12(14-4-3-5-16(10-14)22-17(18)19)20-11-13-6-8-15(21-2)9-7-13/h3-10,12,17,20H,11H2,1-2H3. The van der Waals surface area contributed by atoms with Crippen LogP contribution in [-0.2, 0) is 6.54 Å². The van der Waals surface area contributed by atoms with Crippen molar-refractivity contribution >= 4 is 0 Å². The van der Waals surface area contributed by atoms with Gasteiger partial charge in [-0.15, -0.1) is 0 Å². The summed E-state index contributed by atoms with van der Waals surface area (Å²) in [7, 11) is 1.63. The van der Waals surface area contributed by atoms with Crippen LogP contribution in [-0.4, -0.2) is 13.7 Å². The van der Waals surface area contributed by atoms with Crippen LogP contribution >= 0.6 is 0 Å². The zero-order valence-corrected chi connectivity index (χ0v) is 12.6. The zero-order chi connectivity index (χ0) is 15.9. The van der Waals surface area contributed by atoms with Gasteiger partial charge in [0.15, 0.2) is 0 Å². The molecule has 0 fully saturated rings. The maximum absolute atomic E-state index is 12.2. The second-order valence-corrected chi connectivity index (χ2v) is 4.90. The molecule has 1 unspecified atom stereocenters. The number of hydrogen-bond acceptors (Lipinski definition) is 3. The van der Waals surface area contributed by atoms with Gasteiger partial charge in [0.1, 0.15) is 11.5 Å². The summed E-state index contributed by atoms with van der Waals surface area (Å²) in [5, 5.41) is 3.35. The Kier molecular flexibility index (Phi) is 5.72. The maximum atomic E-state index is 12.2. The van der Waals surface area contributed by atoms with E-state index < -0.39 is 6.61 Å². The van der Waals surface area contributed by atoms with E-state index >= 15 is 0 Å². The molecular weight excluding hydrogens is 288 g/mol. The van der Waals surface area contributed by atoms with Crippen LogP contribution in [0, 0.1) is 0 Å². The smallest absolute Gasteiger partial charge is 0.387 e. The molecule has 5 heteroatoms. The molecule has 2 rings (SSSR count). The monoisotopic (exact) mass is 307 g/mol. The van der Waals surface area contributed by atoms with Gasteiger partial charge in [-0.3, -0.25) is 0 Å². The Morgan fingerprint density at radius 3 is 2.41 bits per heavy atom. The number of rotatable bonds is 7. The summed E-state index contributed by atoms with van der Waals surface area (Å²) in [6, 6.07) is 14.5. The summed E-state index contributed by atoms with van der Waals surface area (Å²) in [5.74, 6) is 0.985. The lowest BCUT2D eigenvalue weighted by Gasteiger charge is -2.15. The molecule has 118 valence electrons. The molecule has 22 heavy (non-hydrogen) atoms. The summed E-state index contributed by atoms with van der Waals surface area (Å²) in [4.78, 5) is 0. The first-order valence-electron chi connectivity index (χ1n) is 6.99. The van der Waals surface area contributed by atoms with Crippen molar-refractivity contribution in [3.63, 3.8) is 0 Å². The second-order valence-electron chi connectivity index (χ2n) is 4.90. The van der Waals surface area contributed by atoms with Crippen molar-refractivity contribution in [2.24, 2.45) is 0 Å². The average molecular weight is 307 g/mol. The molecule has 0 aliphatic carbocycles. The summed E-state index contributed by atoms with van der Waals surface area (Å²) in [6.45, 7) is -0.159. The third-order valence-corrected chi connectivity index (χ3v) is 3.35. The third kappa shape index (κ3) is 4.70. The lowest BCUT2D eigenvalue weighted by atomic mass is 10.1. The van der Waals surface area contributed by atoms with Gasteiger partial charge in [0.25, 0.3) is 0 Å². The molecule has 1 atom stereocenters. The summed E-state index contributed by atoms with van der Waals surface area (Å²) in [6.07, 6.45) is 0. The normalized spacial score (nSPS) is 12.2. The molecule has 0 aliphatic rings. The third-order valence-electron chi connectivity index (χ3n) is 3.35. The number of alkyl halides is 2. The van der Waals surface area contributed by atoms with Crippen LogP contribution in [0.2, 0.25) is 0 Å². The number of nitrogens with one attached hydrogen (secondary N) is 1. The van der Waals surface area contributed by atoms with Crippen LogP contribution < -0.4 is 14.8 Å².